The highest BCUT2D eigenvalue weighted by molar-refractivity contribution is 5.71. The van der Waals surface area contributed by atoms with E-state index in [1.165, 1.54) is 77.0 Å². The third kappa shape index (κ3) is 56.1. The van der Waals surface area contributed by atoms with Gasteiger partial charge in [-0.15, -0.1) is 0 Å². The summed E-state index contributed by atoms with van der Waals surface area (Å²) < 4.78 is 16.7. The molecule has 0 aliphatic carbocycles. The fourth-order valence-corrected chi connectivity index (χ4v) is 7.14. The van der Waals surface area contributed by atoms with Crippen LogP contribution in [0.4, 0.5) is 0 Å². The number of allylic oxidation sites excluding steroid dienone is 24. The number of rotatable bonds is 49. The van der Waals surface area contributed by atoms with Crippen molar-refractivity contribution in [3.63, 3.8) is 0 Å². The summed E-state index contributed by atoms with van der Waals surface area (Å²) in [5.41, 5.74) is 0. The van der Waals surface area contributed by atoms with Crippen molar-refractivity contribution in [3.8, 4) is 0 Å². The van der Waals surface area contributed by atoms with Gasteiger partial charge in [0.15, 0.2) is 6.10 Å². The number of ether oxygens (including phenoxy) is 3. The maximum atomic E-state index is 12.8. The van der Waals surface area contributed by atoms with Gasteiger partial charge in [-0.3, -0.25) is 14.4 Å². The predicted octanol–water partition coefficient (Wildman–Crippen LogP) is 19.2. The molecule has 1 atom stereocenters. The Balaban J connectivity index is 4.55. The van der Waals surface area contributed by atoms with Crippen LogP contribution in [0.3, 0.4) is 0 Å². The van der Waals surface area contributed by atoms with Crippen LogP contribution in [0.25, 0.3) is 0 Å². The molecule has 0 spiro atoms. The van der Waals surface area contributed by atoms with Crippen molar-refractivity contribution in [2.45, 2.75) is 232 Å². The first kappa shape index (κ1) is 66.3. The normalized spacial score (nSPS) is 13.2. The van der Waals surface area contributed by atoms with Gasteiger partial charge in [0.25, 0.3) is 0 Å². The number of carbonyl (C=O) groups excluding carboxylic acids is 3. The third-order valence-electron chi connectivity index (χ3n) is 11.3. The van der Waals surface area contributed by atoms with Gasteiger partial charge in [-0.25, -0.2) is 0 Å². The zero-order chi connectivity index (χ0) is 51.4. The van der Waals surface area contributed by atoms with Gasteiger partial charge in [-0.05, 0) is 122 Å². The first-order chi connectivity index (χ1) is 35.0. The SMILES string of the molecule is CC/C=C\C/C=C\C/C=C\C/C=C\C/C=C\C/C=C\C/C=C\CCCC(=O)OCC(COC(=O)CC/C=C\C/C=C\C/C=C\C/C=C\CC)OC(=O)CCCCCCCCC/C=C\CCCCCCCC. The van der Waals surface area contributed by atoms with Crippen LogP contribution < -0.4 is 0 Å². The zero-order valence-electron chi connectivity index (χ0n) is 45.4. The summed E-state index contributed by atoms with van der Waals surface area (Å²) in [7, 11) is 0. The number of hydrogen-bond donors (Lipinski definition) is 0. The minimum absolute atomic E-state index is 0.137. The van der Waals surface area contributed by atoms with Crippen LogP contribution in [-0.4, -0.2) is 37.2 Å². The van der Waals surface area contributed by atoms with Crippen LogP contribution in [0, 0.1) is 0 Å². The molecule has 0 rings (SSSR count). The Morgan fingerprint density at radius 1 is 0.296 bits per heavy atom. The Kier molecular flexibility index (Phi) is 54.0. The number of hydrogen-bond acceptors (Lipinski definition) is 6. The van der Waals surface area contributed by atoms with E-state index in [0.29, 0.717) is 19.3 Å². The molecule has 0 aliphatic rings. The lowest BCUT2D eigenvalue weighted by Gasteiger charge is -2.18. The lowest BCUT2D eigenvalue weighted by Crippen LogP contribution is -2.30. The highest BCUT2D eigenvalue weighted by Crippen LogP contribution is 2.13. The second kappa shape index (κ2) is 57.9. The first-order valence-electron chi connectivity index (χ1n) is 28.3. The molecule has 0 bridgehead atoms. The van der Waals surface area contributed by atoms with Gasteiger partial charge < -0.3 is 14.2 Å². The topological polar surface area (TPSA) is 78.9 Å². The van der Waals surface area contributed by atoms with Crippen LogP contribution in [-0.2, 0) is 28.6 Å². The minimum atomic E-state index is -0.839. The molecule has 0 aromatic rings. The maximum Gasteiger partial charge on any atom is 0.306 e. The van der Waals surface area contributed by atoms with Gasteiger partial charge in [-0.1, -0.05) is 231 Å². The van der Waals surface area contributed by atoms with Gasteiger partial charge in [0, 0.05) is 19.3 Å². The molecule has 398 valence electrons. The Morgan fingerprint density at radius 2 is 0.592 bits per heavy atom. The van der Waals surface area contributed by atoms with E-state index in [1.54, 1.807) is 0 Å². The van der Waals surface area contributed by atoms with Crippen molar-refractivity contribution < 1.29 is 28.6 Å². The lowest BCUT2D eigenvalue weighted by molar-refractivity contribution is -0.166. The molecular weight excluding hydrogens is 877 g/mol. The highest BCUT2D eigenvalue weighted by Gasteiger charge is 2.19. The molecule has 0 aromatic heterocycles. The molecule has 1 unspecified atom stereocenters. The Hall–Kier alpha value is -4.71. The van der Waals surface area contributed by atoms with E-state index >= 15 is 0 Å². The minimum Gasteiger partial charge on any atom is -0.462 e. The van der Waals surface area contributed by atoms with Crippen molar-refractivity contribution in [2.24, 2.45) is 0 Å². The van der Waals surface area contributed by atoms with Crippen LogP contribution in [0.5, 0.6) is 0 Å². The molecule has 0 heterocycles. The second-order valence-electron chi connectivity index (χ2n) is 18.1. The summed E-state index contributed by atoms with van der Waals surface area (Å²) in [5, 5.41) is 0. The van der Waals surface area contributed by atoms with Crippen molar-refractivity contribution in [2.75, 3.05) is 13.2 Å². The van der Waals surface area contributed by atoms with E-state index < -0.39 is 6.10 Å². The van der Waals surface area contributed by atoms with Crippen LogP contribution >= 0.6 is 0 Å². The monoisotopic (exact) mass is 979 g/mol. The Bertz CT molecular complexity index is 1590. The first-order valence-corrected chi connectivity index (χ1v) is 28.3. The number of unbranched alkanes of at least 4 members (excludes halogenated alkanes) is 14. The van der Waals surface area contributed by atoms with Gasteiger partial charge in [-0.2, -0.15) is 0 Å². The summed E-state index contributed by atoms with van der Waals surface area (Å²) in [6.45, 7) is 6.27. The predicted molar refractivity (Wildman–Crippen MR) is 306 cm³/mol. The van der Waals surface area contributed by atoms with Crippen molar-refractivity contribution >= 4 is 17.9 Å². The molecule has 0 amide bonds. The number of esters is 3. The van der Waals surface area contributed by atoms with Crippen molar-refractivity contribution in [1.29, 1.82) is 0 Å². The van der Waals surface area contributed by atoms with Crippen LogP contribution in [0.2, 0.25) is 0 Å². The summed E-state index contributed by atoms with van der Waals surface area (Å²) in [6.07, 6.45) is 82.9. The average Bonchev–Trinajstić information content (AvgIpc) is 3.37. The molecule has 6 heteroatoms. The largest absolute Gasteiger partial charge is 0.462 e. The summed E-state index contributed by atoms with van der Waals surface area (Å²) in [4.78, 5) is 38.1. The Morgan fingerprint density at radius 3 is 1.00 bits per heavy atom. The van der Waals surface area contributed by atoms with Crippen molar-refractivity contribution in [3.05, 3.63) is 146 Å². The smallest absolute Gasteiger partial charge is 0.306 e. The molecule has 0 aromatic carbocycles. The summed E-state index contributed by atoms with van der Waals surface area (Å²) in [5.74, 6) is -1.09. The van der Waals surface area contributed by atoms with Gasteiger partial charge in [0.1, 0.15) is 13.2 Å². The van der Waals surface area contributed by atoms with E-state index in [0.717, 1.165) is 96.3 Å². The lowest BCUT2D eigenvalue weighted by atomic mass is 10.1. The van der Waals surface area contributed by atoms with Crippen LogP contribution in [0.15, 0.2) is 146 Å². The van der Waals surface area contributed by atoms with E-state index in [4.69, 9.17) is 14.2 Å². The van der Waals surface area contributed by atoms with Gasteiger partial charge in [0.2, 0.25) is 0 Å². The summed E-state index contributed by atoms with van der Waals surface area (Å²) >= 11 is 0. The molecule has 0 N–H and O–H groups in total. The second-order valence-corrected chi connectivity index (χ2v) is 18.1. The molecular formula is C65H102O6. The Labute approximate surface area is 436 Å². The van der Waals surface area contributed by atoms with E-state index in [-0.39, 0.29) is 44.0 Å². The molecule has 6 nitrogen and oxygen atoms in total. The van der Waals surface area contributed by atoms with E-state index in [9.17, 15) is 14.4 Å². The van der Waals surface area contributed by atoms with Crippen molar-refractivity contribution in [1.82, 2.24) is 0 Å². The highest BCUT2D eigenvalue weighted by atomic mass is 16.6. The zero-order valence-corrected chi connectivity index (χ0v) is 45.4. The fourth-order valence-electron chi connectivity index (χ4n) is 7.14. The molecule has 0 saturated carbocycles. The number of carbonyl (C=O) groups is 3. The third-order valence-corrected chi connectivity index (χ3v) is 11.3. The maximum absolute atomic E-state index is 12.8. The average molecular weight is 980 g/mol. The molecule has 0 aliphatic heterocycles. The quantitative estimate of drug-likeness (QED) is 0.0262. The van der Waals surface area contributed by atoms with Gasteiger partial charge in [0.05, 0.1) is 0 Å². The summed E-state index contributed by atoms with van der Waals surface area (Å²) in [6, 6.07) is 0. The molecule has 0 fully saturated rings. The van der Waals surface area contributed by atoms with E-state index in [2.05, 4.69) is 154 Å². The molecule has 0 radical (unpaired) electrons. The standard InChI is InChI=1S/C65H102O6/c1-4-7-10-13-16-19-22-25-27-29-30-31-32-33-34-36-37-40-43-46-49-52-55-58-64(67)70-61-62(60-69-63(66)57-54-51-48-45-42-39-24-21-18-15-12-9-6-3)71-65(68)59-56-53-50-47-44-41-38-35-28-26-23-20-17-14-11-8-5-2/h7,9-10,12,16,18-19,21,25-28,30-31,33-34,37,39-40,42,46,48-49,51,62H,4-6,8,11,13-15,17,20,22-24,29,32,35-36,38,41,43-45,47,50,52-61H2,1-3H3/b10-7-,12-9-,19-16-,21-18-,27-25-,28-26-,31-30-,34-33-,40-37-,42-39-,49-46-,51-48-. The fraction of sp³-hybridized carbons (Fsp3) is 0.585. The van der Waals surface area contributed by atoms with E-state index in [1.807, 2.05) is 12.2 Å². The molecule has 71 heavy (non-hydrogen) atoms. The van der Waals surface area contributed by atoms with Crippen LogP contribution in [0.1, 0.15) is 226 Å². The molecule has 0 saturated heterocycles. The van der Waals surface area contributed by atoms with Gasteiger partial charge >= 0.3 is 17.9 Å².